The summed E-state index contributed by atoms with van der Waals surface area (Å²) in [5.41, 5.74) is -0.936. The van der Waals surface area contributed by atoms with E-state index in [1.54, 1.807) is 62.4 Å². The van der Waals surface area contributed by atoms with Crippen molar-refractivity contribution in [3.63, 3.8) is 0 Å². The largest absolute Gasteiger partial charge is 0.608 e. The van der Waals surface area contributed by atoms with E-state index in [4.69, 9.17) is 13.3 Å². The molecule has 0 aliphatic heterocycles. The molecule has 0 aliphatic carbocycles. The maximum absolute atomic E-state index is 13.8. The Morgan fingerprint density at radius 2 is 0.894 bits per heavy atom. The lowest BCUT2D eigenvalue weighted by molar-refractivity contribution is -0.627. The number of benzene rings is 6. The summed E-state index contributed by atoms with van der Waals surface area (Å²) < 4.78 is 176. The van der Waals surface area contributed by atoms with Gasteiger partial charge in [0.1, 0.15) is 0 Å². The van der Waals surface area contributed by atoms with Gasteiger partial charge in [-0.25, -0.2) is 22.0 Å². The molecule has 6 aromatic carbocycles. The quantitative estimate of drug-likeness (QED) is 0.0759. The lowest BCUT2D eigenvalue weighted by Crippen LogP contribution is -2.48. The van der Waals surface area contributed by atoms with Gasteiger partial charge in [0.05, 0.1) is 21.7 Å². The topological polar surface area (TPSA) is 102 Å². The molecule has 0 radical (unpaired) electrons. The first-order valence-corrected chi connectivity index (χ1v) is 18.6. The summed E-state index contributed by atoms with van der Waals surface area (Å²) in [5.74, 6) is -20.7. The summed E-state index contributed by atoms with van der Waals surface area (Å²) in [6, 6.07) is 20.9. The van der Waals surface area contributed by atoms with Gasteiger partial charge in [0.15, 0.2) is 41.2 Å². The highest BCUT2D eigenvalue weighted by Gasteiger charge is 2.35. The molecule has 3 heterocycles. The maximum Gasteiger partial charge on any atom is 0.608 e. The Hall–Kier alpha value is -8.10. The minimum absolute atomic E-state index is 0.104. The van der Waals surface area contributed by atoms with E-state index in [2.05, 4.69) is 0 Å². The molecule has 0 saturated carbocycles. The van der Waals surface area contributed by atoms with Gasteiger partial charge in [-0.15, -0.1) is 0 Å². The summed E-state index contributed by atoms with van der Waals surface area (Å²) in [6.07, 6.45) is -0.958. The van der Waals surface area contributed by atoms with E-state index in [0.717, 1.165) is 34.7 Å². The second kappa shape index (κ2) is 17.8. The van der Waals surface area contributed by atoms with Gasteiger partial charge in [-0.1, -0.05) is 56.2 Å². The molecule has 21 heteroatoms. The number of hydrogen-bond acceptors (Lipinski definition) is 6. The average molecular weight is 931 g/mol. The van der Waals surface area contributed by atoms with E-state index in [1.165, 1.54) is 30.5 Å². The van der Waals surface area contributed by atoms with Crippen molar-refractivity contribution >= 4 is 32.9 Å². The molecule has 9 nitrogen and oxygen atoms in total. The molecule has 0 bridgehead atoms. The van der Waals surface area contributed by atoms with E-state index in [1.807, 2.05) is 0 Å². The van der Waals surface area contributed by atoms with Crippen LogP contribution < -0.4 is 31.0 Å². The Morgan fingerprint density at radius 3 is 1.48 bits per heavy atom. The van der Waals surface area contributed by atoms with Gasteiger partial charge in [0.25, 0.3) is 11.4 Å². The normalized spacial score (nSPS) is 11.4. The van der Waals surface area contributed by atoms with Crippen LogP contribution in [0.5, 0.6) is 0 Å². The van der Waals surface area contributed by atoms with Crippen LogP contribution >= 0.6 is 0 Å². The number of para-hydroxylation sites is 3. The first kappa shape index (κ1) is 45.9. The van der Waals surface area contributed by atoms with Gasteiger partial charge < -0.3 is 13.3 Å². The van der Waals surface area contributed by atoms with Crippen LogP contribution in [0.3, 0.4) is 0 Å². The molecule has 0 fully saturated rings. The van der Waals surface area contributed by atoms with Crippen molar-refractivity contribution in [1.29, 1.82) is 0 Å². The summed E-state index contributed by atoms with van der Waals surface area (Å²) in [5, 5.41) is 1.26. The van der Waals surface area contributed by atoms with Crippen molar-refractivity contribution in [2.45, 2.75) is 20.0 Å². The van der Waals surface area contributed by atoms with E-state index >= 15 is 0 Å². The standard InChI is InChI=1S/C16H11F3NO2.C15H8F4NO2.C14H5F5NO2/c1-10-4-2-5-11-9-20(15(21)22-14(10)11)13-7-3-6-12(8-13)16(17,18)19;1-7-3-2-4-8-6-20(15(21)22-14(7)8)13-10(17)5-9(16)11(18)12(13)19;15-8-9(16)11(18)13(12(19)10(8)17)20-5-6-3-1-2-4-7(6)22-14(20)21/h2-9H,1H3;2-6H,1H3;1-5H/q3*+1. The van der Waals surface area contributed by atoms with Crippen molar-refractivity contribution < 1.29 is 79.6 Å². The highest BCUT2D eigenvalue weighted by Crippen LogP contribution is 2.30. The van der Waals surface area contributed by atoms with E-state index in [9.17, 15) is 67.1 Å². The third-order valence-corrected chi connectivity index (χ3v) is 9.58. The third kappa shape index (κ3) is 8.73. The lowest BCUT2D eigenvalue weighted by atomic mass is 10.1. The number of alkyl halides is 3. The van der Waals surface area contributed by atoms with Gasteiger partial charge >= 0.3 is 23.4 Å². The highest BCUT2D eigenvalue weighted by molar-refractivity contribution is 5.78. The van der Waals surface area contributed by atoms with Gasteiger partial charge in [0, 0.05) is 18.2 Å². The van der Waals surface area contributed by atoms with E-state index in [0.29, 0.717) is 26.5 Å². The second-order valence-corrected chi connectivity index (χ2v) is 13.9. The molecule has 0 spiro atoms. The lowest BCUT2D eigenvalue weighted by Gasteiger charge is -2.05. The zero-order valence-electron chi connectivity index (χ0n) is 33.2. The molecule has 66 heavy (non-hydrogen) atoms. The fourth-order valence-corrected chi connectivity index (χ4v) is 6.41. The predicted octanol–water partition coefficient (Wildman–Crippen LogP) is 9.10. The first-order chi connectivity index (χ1) is 31.2. The molecule has 9 rings (SSSR count). The molecule has 9 aromatic rings. The summed E-state index contributed by atoms with van der Waals surface area (Å²) in [7, 11) is 0. The van der Waals surface area contributed by atoms with Crippen molar-refractivity contribution in [2.75, 3.05) is 0 Å². The number of rotatable bonds is 3. The molecule has 0 saturated heterocycles. The van der Waals surface area contributed by atoms with Crippen molar-refractivity contribution in [2.24, 2.45) is 0 Å². The smallest absolute Gasteiger partial charge is 0.371 e. The van der Waals surface area contributed by atoms with Gasteiger partial charge in [-0.05, 0) is 55.3 Å². The third-order valence-electron chi connectivity index (χ3n) is 9.58. The fourth-order valence-electron chi connectivity index (χ4n) is 6.41. The Kier molecular flexibility index (Phi) is 12.4. The molecule has 0 unspecified atom stereocenters. The zero-order chi connectivity index (χ0) is 47.9. The Balaban J connectivity index is 0.000000147. The maximum atomic E-state index is 13.8. The highest BCUT2D eigenvalue weighted by atomic mass is 19.4. The monoisotopic (exact) mass is 930 g/mol. The minimum Gasteiger partial charge on any atom is -0.371 e. The average Bonchev–Trinajstić information content (AvgIpc) is 3.28. The molecule has 336 valence electrons. The number of fused-ring (bicyclic) bond motifs is 3. The van der Waals surface area contributed by atoms with Crippen LogP contribution in [0.2, 0.25) is 0 Å². The van der Waals surface area contributed by atoms with Gasteiger partial charge in [-0.2, -0.15) is 45.1 Å². The van der Waals surface area contributed by atoms with Crippen molar-refractivity contribution in [3.05, 3.63) is 210 Å². The molecule has 0 aliphatic rings. The Labute approximate surface area is 359 Å². The number of nitrogens with zero attached hydrogens (tertiary/aromatic N) is 3. The summed E-state index contributed by atoms with van der Waals surface area (Å²) >= 11 is 0. The van der Waals surface area contributed by atoms with Crippen LogP contribution in [-0.4, -0.2) is 0 Å². The Bertz CT molecular complexity index is 3560. The van der Waals surface area contributed by atoms with E-state index in [-0.39, 0.29) is 32.9 Å². The van der Waals surface area contributed by atoms with Crippen LogP contribution in [0.1, 0.15) is 16.7 Å². The molecule has 0 amide bonds. The zero-order valence-corrected chi connectivity index (χ0v) is 33.2. The van der Waals surface area contributed by atoms with Crippen LogP contribution in [0, 0.1) is 66.2 Å². The van der Waals surface area contributed by atoms with Gasteiger partial charge in [0.2, 0.25) is 52.2 Å². The molecule has 0 atom stereocenters. The van der Waals surface area contributed by atoms with E-state index < -0.39 is 92.7 Å². The summed E-state index contributed by atoms with van der Waals surface area (Å²) in [6.45, 7) is 3.48. The van der Waals surface area contributed by atoms with Crippen LogP contribution in [-0.2, 0) is 6.18 Å². The van der Waals surface area contributed by atoms with Crippen molar-refractivity contribution in [3.8, 4) is 17.1 Å². The molecular formula is C45H24F12N3O6+3. The number of aromatic nitrogens is 3. The SMILES string of the molecule is Cc1cccc2c[n+](-c3c(F)cc(F)c(F)c3F)c(=O)oc12.Cc1cccc2c[n+](-c3cccc(C(F)(F)F)c3)c(=O)oc12.O=c1oc2ccccc2c[n+]1-c1c(F)c(F)c(F)c(F)c1F. The predicted molar refractivity (Wildman–Crippen MR) is 206 cm³/mol. The minimum atomic E-state index is -4.47. The number of hydrogen-bond donors (Lipinski definition) is 0. The van der Waals surface area contributed by atoms with Crippen LogP contribution in [0.4, 0.5) is 52.7 Å². The fraction of sp³-hybridized carbons (Fsp3) is 0.0667. The number of halogens is 12. The molecule has 0 N–H and O–H groups in total. The Morgan fingerprint density at radius 1 is 0.439 bits per heavy atom. The summed E-state index contributed by atoms with van der Waals surface area (Å²) in [4.78, 5) is 35.8. The second-order valence-electron chi connectivity index (χ2n) is 13.9. The number of aryl methyl sites for hydroxylation is 2. The van der Waals surface area contributed by atoms with Gasteiger partial charge in [-0.3, -0.25) is 0 Å². The van der Waals surface area contributed by atoms with Crippen LogP contribution in [0.15, 0.2) is 137 Å². The van der Waals surface area contributed by atoms with Crippen LogP contribution in [0.25, 0.3) is 50.0 Å². The van der Waals surface area contributed by atoms with Crippen molar-refractivity contribution in [1.82, 2.24) is 0 Å². The molecule has 3 aromatic heterocycles. The molecular weight excluding hydrogens is 906 g/mol. The first-order valence-electron chi connectivity index (χ1n) is 18.6.